The van der Waals surface area contributed by atoms with Gasteiger partial charge in [-0.25, -0.2) is 4.79 Å². The van der Waals surface area contributed by atoms with Crippen molar-refractivity contribution in [3.8, 4) is 5.75 Å². The molecule has 0 fully saturated rings. The number of nitrogens with one attached hydrogen (secondary N) is 1. The van der Waals surface area contributed by atoms with Crippen LogP contribution < -0.4 is 16.0 Å². The Bertz CT molecular complexity index is 1140. The molecule has 1 amide bonds. The lowest BCUT2D eigenvalue weighted by Crippen LogP contribution is -2.34. The van der Waals surface area contributed by atoms with Gasteiger partial charge in [-0.15, -0.1) is 0 Å². The highest BCUT2D eigenvalue weighted by atomic mass is 35.5. The molecule has 0 aliphatic carbocycles. The quantitative estimate of drug-likeness (QED) is 0.601. The molecule has 0 radical (unpaired) electrons. The van der Waals surface area contributed by atoms with Crippen LogP contribution in [0.2, 0.25) is 5.02 Å². The monoisotopic (exact) mass is 415 g/mol. The predicted molar refractivity (Wildman–Crippen MR) is 113 cm³/mol. The molecule has 0 saturated heterocycles. The van der Waals surface area contributed by atoms with Gasteiger partial charge in [0, 0.05) is 30.7 Å². The molecule has 7 nitrogen and oxygen atoms in total. The summed E-state index contributed by atoms with van der Waals surface area (Å²) >= 11 is 5.84. The lowest BCUT2D eigenvalue weighted by molar-refractivity contribution is 0.0788. The lowest BCUT2D eigenvalue weighted by Gasteiger charge is -2.17. The third kappa shape index (κ3) is 4.68. The smallest absolute Gasteiger partial charge is 0.328 e. The zero-order chi connectivity index (χ0) is 21.0. The second-order valence-electron chi connectivity index (χ2n) is 6.62. The van der Waals surface area contributed by atoms with Crippen LogP contribution in [0.3, 0.4) is 0 Å². The molecular formula is C21H22ClN3O4. The first-order chi connectivity index (χ1) is 13.9. The van der Waals surface area contributed by atoms with E-state index in [1.807, 2.05) is 0 Å². The van der Waals surface area contributed by atoms with Crippen LogP contribution in [0.4, 0.5) is 0 Å². The molecule has 8 heteroatoms. The minimum atomic E-state index is -0.484. The molecule has 1 heterocycles. The van der Waals surface area contributed by atoms with Crippen molar-refractivity contribution in [2.24, 2.45) is 0 Å². The van der Waals surface area contributed by atoms with Crippen LogP contribution in [0, 0.1) is 0 Å². The fraction of sp³-hybridized carbons (Fsp3) is 0.286. The van der Waals surface area contributed by atoms with Crippen molar-refractivity contribution < 1.29 is 9.53 Å². The van der Waals surface area contributed by atoms with Crippen LogP contribution in [0.1, 0.15) is 23.7 Å². The molecule has 0 aliphatic heterocycles. The van der Waals surface area contributed by atoms with E-state index in [0.717, 1.165) is 10.3 Å². The molecule has 0 unspecified atom stereocenters. The number of aromatic amines is 1. The van der Waals surface area contributed by atoms with E-state index < -0.39 is 5.69 Å². The van der Waals surface area contributed by atoms with Gasteiger partial charge < -0.3 is 14.6 Å². The van der Waals surface area contributed by atoms with E-state index in [2.05, 4.69) is 4.98 Å². The summed E-state index contributed by atoms with van der Waals surface area (Å²) in [7, 11) is 1.70. The third-order valence-electron chi connectivity index (χ3n) is 4.61. The standard InChI is InChI=1S/C21H22ClN3O4/c1-3-25-20(27)17-10-5-14(13-18(17)23-21(25)28)19(26)24(2)11-4-12-29-16-8-6-15(22)7-9-16/h5-10,13H,3-4,11-12H2,1-2H3,(H,23,28). The van der Waals surface area contributed by atoms with Crippen LogP contribution in [-0.2, 0) is 6.54 Å². The highest BCUT2D eigenvalue weighted by molar-refractivity contribution is 6.30. The number of nitrogens with zero attached hydrogens (tertiary/aromatic N) is 2. The summed E-state index contributed by atoms with van der Waals surface area (Å²) in [5.41, 5.74) is -0.0850. The largest absolute Gasteiger partial charge is 0.494 e. The Balaban J connectivity index is 1.64. The minimum absolute atomic E-state index is 0.195. The second-order valence-corrected chi connectivity index (χ2v) is 7.06. The molecule has 3 aromatic rings. The van der Waals surface area contributed by atoms with Gasteiger partial charge in [0.2, 0.25) is 0 Å². The zero-order valence-electron chi connectivity index (χ0n) is 16.3. The Morgan fingerprint density at radius 1 is 1.17 bits per heavy atom. The Labute approximate surface area is 172 Å². The van der Waals surface area contributed by atoms with Crippen molar-refractivity contribution in [1.29, 1.82) is 0 Å². The molecular weight excluding hydrogens is 394 g/mol. The first-order valence-corrected chi connectivity index (χ1v) is 9.69. The fourth-order valence-corrected chi connectivity index (χ4v) is 3.15. The van der Waals surface area contributed by atoms with Gasteiger partial charge in [0.05, 0.1) is 17.5 Å². The van der Waals surface area contributed by atoms with Crippen LogP contribution in [0.15, 0.2) is 52.1 Å². The Morgan fingerprint density at radius 3 is 2.59 bits per heavy atom. The summed E-state index contributed by atoms with van der Waals surface area (Å²) in [5, 5.41) is 1.02. The van der Waals surface area contributed by atoms with Gasteiger partial charge in [-0.2, -0.15) is 0 Å². The number of carbonyl (C=O) groups is 1. The normalized spacial score (nSPS) is 10.9. The maximum absolute atomic E-state index is 12.7. The summed E-state index contributed by atoms with van der Waals surface area (Å²) in [5.74, 6) is 0.526. The van der Waals surface area contributed by atoms with Gasteiger partial charge in [-0.1, -0.05) is 11.6 Å². The minimum Gasteiger partial charge on any atom is -0.494 e. The number of benzene rings is 2. The van der Waals surface area contributed by atoms with Gasteiger partial charge in [0.25, 0.3) is 11.5 Å². The van der Waals surface area contributed by atoms with Crippen LogP contribution in [0.5, 0.6) is 5.75 Å². The Kier molecular flexibility index (Phi) is 6.39. The number of hydrogen-bond acceptors (Lipinski definition) is 4. The van der Waals surface area contributed by atoms with Gasteiger partial charge >= 0.3 is 5.69 Å². The van der Waals surface area contributed by atoms with Crippen molar-refractivity contribution in [2.45, 2.75) is 19.9 Å². The van der Waals surface area contributed by atoms with Gasteiger partial charge in [-0.3, -0.25) is 14.2 Å². The molecule has 0 saturated carbocycles. The van der Waals surface area contributed by atoms with E-state index in [1.165, 1.54) is 0 Å². The summed E-state index contributed by atoms with van der Waals surface area (Å²) in [6.45, 7) is 2.97. The summed E-state index contributed by atoms with van der Waals surface area (Å²) in [6, 6.07) is 11.8. The van der Waals surface area contributed by atoms with Crippen molar-refractivity contribution in [1.82, 2.24) is 14.5 Å². The number of hydrogen-bond donors (Lipinski definition) is 1. The fourth-order valence-electron chi connectivity index (χ4n) is 3.02. The molecule has 1 N–H and O–H groups in total. The molecule has 29 heavy (non-hydrogen) atoms. The Morgan fingerprint density at radius 2 is 1.90 bits per heavy atom. The molecule has 1 aromatic heterocycles. The van der Waals surface area contributed by atoms with Gasteiger partial charge in [0.1, 0.15) is 5.75 Å². The van der Waals surface area contributed by atoms with Crippen molar-refractivity contribution in [2.75, 3.05) is 20.2 Å². The molecule has 152 valence electrons. The third-order valence-corrected chi connectivity index (χ3v) is 4.86. The number of fused-ring (bicyclic) bond motifs is 1. The predicted octanol–water partition coefficient (Wildman–Crippen LogP) is 2.90. The number of amides is 1. The first-order valence-electron chi connectivity index (χ1n) is 9.31. The average Bonchev–Trinajstić information content (AvgIpc) is 2.71. The van der Waals surface area contributed by atoms with Crippen molar-refractivity contribution in [3.63, 3.8) is 0 Å². The highest BCUT2D eigenvalue weighted by Crippen LogP contribution is 2.16. The first kappa shape index (κ1) is 20.7. The zero-order valence-corrected chi connectivity index (χ0v) is 17.0. The lowest BCUT2D eigenvalue weighted by atomic mass is 10.1. The topological polar surface area (TPSA) is 84.4 Å². The number of halogens is 1. The van der Waals surface area contributed by atoms with Crippen LogP contribution >= 0.6 is 11.6 Å². The van der Waals surface area contributed by atoms with Crippen LogP contribution in [0.25, 0.3) is 10.9 Å². The molecule has 2 aromatic carbocycles. The molecule has 0 bridgehead atoms. The maximum Gasteiger partial charge on any atom is 0.328 e. The van der Waals surface area contributed by atoms with E-state index in [0.29, 0.717) is 41.1 Å². The SMILES string of the molecule is CCn1c(=O)[nH]c2cc(C(=O)N(C)CCCOc3ccc(Cl)cc3)ccc2c1=O. The average molecular weight is 416 g/mol. The van der Waals surface area contributed by atoms with Crippen molar-refractivity contribution >= 4 is 28.4 Å². The number of aromatic nitrogens is 2. The number of carbonyl (C=O) groups excluding carboxylic acids is 1. The van der Waals surface area contributed by atoms with E-state index in [4.69, 9.17) is 16.3 Å². The van der Waals surface area contributed by atoms with Crippen molar-refractivity contribution in [3.05, 3.63) is 73.9 Å². The maximum atomic E-state index is 12.7. The van der Waals surface area contributed by atoms with Gasteiger partial charge in [0.15, 0.2) is 0 Å². The van der Waals surface area contributed by atoms with E-state index in [-0.39, 0.29) is 18.0 Å². The molecule has 3 rings (SSSR count). The highest BCUT2D eigenvalue weighted by Gasteiger charge is 2.14. The summed E-state index contributed by atoms with van der Waals surface area (Å²) in [6.07, 6.45) is 0.649. The Hall–Kier alpha value is -3.06. The summed E-state index contributed by atoms with van der Waals surface area (Å²) in [4.78, 5) is 41.3. The number of ether oxygens (including phenoxy) is 1. The van der Waals surface area contributed by atoms with E-state index in [1.54, 1.807) is 61.3 Å². The van der Waals surface area contributed by atoms with E-state index >= 15 is 0 Å². The van der Waals surface area contributed by atoms with Crippen LogP contribution in [-0.4, -0.2) is 40.6 Å². The second kappa shape index (κ2) is 8.96. The van der Waals surface area contributed by atoms with E-state index in [9.17, 15) is 14.4 Å². The number of rotatable bonds is 7. The molecule has 0 aliphatic rings. The molecule has 0 spiro atoms. The van der Waals surface area contributed by atoms with Gasteiger partial charge in [-0.05, 0) is 55.8 Å². The number of H-pyrrole nitrogens is 1. The molecule has 0 atom stereocenters. The summed E-state index contributed by atoms with van der Waals surface area (Å²) < 4.78 is 6.75.